The van der Waals surface area contributed by atoms with Crippen molar-refractivity contribution in [2.75, 3.05) is 24.3 Å². The number of carbonyl (C=O) groups excluding carboxylic acids is 2. The smallest absolute Gasteiger partial charge is 0.354 e. The van der Waals surface area contributed by atoms with Crippen molar-refractivity contribution in [1.82, 2.24) is 0 Å². The summed E-state index contributed by atoms with van der Waals surface area (Å²) in [5.74, 6) is -1.52. The van der Waals surface area contributed by atoms with Gasteiger partial charge in [0.25, 0.3) is 10.0 Å². The van der Waals surface area contributed by atoms with Crippen LogP contribution >= 0.6 is 0 Å². The third-order valence-corrected chi connectivity index (χ3v) is 4.98. The van der Waals surface area contributed by atoms with E-state index in [4.69, 9.17) is 0 Å². The maximum Gasteiger partial charge on any atom is 0.354 e. The van der Waals surface area contributed by atoms with Crippen LogP contribution in [0.25, 0.3) is 0 Å². The van der Waals surface area contributed by atoms with Gasteiger partial charge in [-0.1, -0.05) is 12.1 Å². The van der Waals surface area contributed by atoms with Gasteiger partial charge in [0, 0.05) is 11.4 Å². The molecule has 0 radical (unpaired) electrons. The molecule has 2 rings (SSSR count). The summed E-state index contributed by atoms with van der Waals surface area (Å²) in [5.41, 5.74) is 1.61. The Bertz CT molecular complexity index is 997. The number of hydrogen-bond donors (Lipinski definition) is 2. The molecule has 2 N–H and O–H groups in total. The van der Waals surface area contributed by atoms with E-state index in [2.05, 4.69) is 19.5 Å². The predicted molar refractivity (Wildman–Crippen MR) is 104 cm³/mol. The molecule has 0 atom stereocenters. The zero-order valence-electron chi connectivity index (χ0n) is 15.6. The number of aryl methyl sites for hydroxylation is 1. The average Bonchev–Trinajstić information content (AvgIpc) is 2.66. The lowest BCUT2D eigenvalue weighted by molar-refractivity contribution is -0.138. The number of rotatable bonds is 7. The Kier molecular flexibility index (Phi) is 6.78. The summed E-state index contributed by atoms with van der Waals surface area (Å²) in [6.07, 6.45) is 0.940. The van der Waals surface area contributed by atoms with Gasteiger partial charge in [0.15, 0.2) is 0 Å². The first-order valence-electron chi connectivity index (χ1n) is 8.09. The Morgan fingerprint density at radius 1 is 0.964 bits per heavy atom. The van der Waals surface area contributed by atoms with E-state index in [0.717, 1.165) is 11.6 Å². The van der Waals surface area contributed by atoms with Crippen LogP contribution in [0.2, 0.25) is 0 Å². The van der Waals surface area contributed by atoms with Gasteiger partial charge in [-0.15, -0.1) is 0 Å². The first-order valence-corrected chi connectivity index (χ1v) is 9.58. The fourth-order valence-corrected chi connectivity index (χ4v) is 3.28. The second kappa shape index (κ2) is 9.05. The van der Waals surface area contributed by atoms with E-state index >= 15 is 0 Å². The fourth-order valence-electron chi connectivity index (χ4n) is 2.23. The van der Waals surface area contributed by atoms with E-state index in [1.54, 1.807) is 18.2 Å². The maximum atomic E-state index is 12.5. The largest absolute Gasteiger partial charge is 0.466 e. The molecule has 0 spiro atoms. The summed E-state index contributed by atoms with van der Waals surface area (Å²) in [6.45, 7) is 1.86. The third kappa shape index (κ3) is 5.58. The summed E-state index contributed by atoms with van der Waals surface area (Å²) >= 11 is 0. The number of nitrogens with one attached hydrogen (secondary N) is 2. The molecule has 0 saturated carbocycles. The van der Waals surface area contributed by atoms with E-state index in [0.29, 0.717) is 11.4 Å². The molecule has 0 unspecified atom stereocenters. The van der Waals surface area contributed by atoms with E-state index in [9.17, 15) is 18.0 Å². The first-order chi connectivity index (χ1) is 13.2. The van der Waals surface area contributed by atoms with Crippen LogP contribution in [0, 0.1) is 6.92 Å². The molecular formula is C19H20N2O6S. The second-order valence-electron chi connectivity index (χ2n) is 5.70. The second-order valence-corrected chi connectivity index (χ2v) is 7.38. The lowest BCUT2D eigenvalue weighted by Crippen LogP contribution is -2.16. The molecule has 0 bridgehead atoms. The maximum absolute atomic E-state index is 12.5. The summed E-state index contributed by atoms with van der Waals surface area (Å²) < 4.78 is 36.6. The molecule has 0 amide bonds. The number of methoxy groups -OCH3 is 2. The van der Waals surface area contributed by atoms with Crippen molar-refractivity contribution in [3.05, 3.63) is 65.9 Å². The van der Waals surface area contributed by atoms with Crippen LogP contribution < -0.4 is 10.0 Å². The lowest BCUT2D eigenvalue weighted by atomic mass is 10.2. The van der Waals surface area contributed by atoms with Crippen LogP contribution in [0.4, 0.5) is 11.4 Å². The summed E-state index contributed by atoms with van der Waals surface area (Å²) in [6, 6.07) is 12.6. The van der Waals surface area contributed by atoms with Gasteiger partial charge in [-0.25, -0.2) is 18.0 Å². The van der Waals surface area contributed by atoms with Gasteiger partial charge in [-0.2, -0.15) is 0 Å². The molecule has 0 aliphatic heterocycles. The molecule has 0 aliphatic carbocycles. The van der Waals surface area contributed by atoms with Gasteiger partial charge in [-0.3, -0.25) is 4.72 Å². The van der Waals surface area contributed by atoms with E-state index in [1.165, 1.54) is 38.5 Å². The number of hydrogen-bond acceptors (Lipinski definition) is 7. The zero-order chi connectivity index (χ0) is 20.7. The van der Waals surface area contributed by atoms with E-state index in [1.807, 2.05) is 13.0 Å². The minimum absolute atomic E-state index is 0.0381. The Labute approximate surface area is 163 Å². The number of esters is 2. The minimum Gasteiger partial charge on any atom is -0.466 e. The highest BCUT2D eigenvalue weighted by atomic mass is 32.2. The van der Waals surface area contributed by atoms with Crippen molar-refractivity contribution in [3.8, 4) is 0 Å². The van der Waals surface area contributed by atoms with Gasteiger partial charge in [0.05, 0.1) is 25.2 Å². The van der Waals surface area contributed by atoms with Crippen LogP contribution in [0.3, 0.4) is 0 Å². The number of anilines is 2. The van der Waals surface area contributed by atoms with Crippen LogP contribution in [-0.2, 0) is 29.1 Å². The van der Waals surface area contributed by atoms with Crippen LogP contribution in [0.1, 0.15) is 5.56 Å². The third-order valence-electron chi connectivity index (χ3n) is 3.58. The summed E-state index contributed by atoms with van der Waals surface area (Å²) in [5, 5.41) is 2.70. The van der Waals surface area contributed by atoms with Gasteiger partial charge in [0.2, 0.25) is 0 Å². The SMILES string of the molecule is COC(=O)/C=C(/Nc1ccc(S(=O)(=O)Nc2cccc(C)c2)cc1)C(=O)OC. The molecule has 0 aromatic heterocycles. The van der Waals surface area contributed by atoms with Crippen molar-refractivity contribution in [3.63, 3.8) is 0 Å². The monoisotopic (exact) mass is 404 g/mol. The van der Waals surface area contributed by atoms with Crippen molar-refractivity contribution in [1.29, 1.82) is 0 Å². The number of ether oxygens (including phenoxy) is 2. The van der Waals surface area contributed by atoms with Crippen LogP contribution in [-0.4, -0.2) is 34.6 Å². The van der Waals surface area contributed by atoms with Gasteiger partial charge >= 0.3 is 11.9 Å². The van der Waals surface area contributed by atoms with Crippen molar-refractivity contribution in [2.45, 2.75) is 11.8 Å². The molecule has 28 heavy (non-hydrogen) atoms. The highest BCUT2D eigenvalue weighted by Gasteiger charge is 2.16. The molecule has 148 valence electrons. The number of benzene rings is 2. The van der Waals surface area contributed by atoms with Gasteiger partial charge < -0.3 is 14.8 Å². The van der Waals surface area contributed by atoms with Crippen molar-refractivity contribution < 1.29 is 27.5 Å². The quantitative estimate of drug-likeness (QED) is 0.539. The van der Waals surface area contributed by atoms with Gasteiger partial charge in [-0.05, 0) is 48.9 Å². The highest BCUT2D eigenvalue weighted by Crippen LogP contribution is 2.20. The fraction of sp³-hybridized carbons (Fsp3) is 0.158. The molecular weight excluding hydrogens is 384 g/mol. The van der Waals surface area contributed by atoms with Crippen molar-refractivity contribution in [2.24, 2.45) is 0 Å². The molecule has 8 nitrogen and oxygen atoms in total. The molecule has 9 heteroatoms. The standard InChI is InChI=1S/C19H20N2O6S/c1-13-5-4-6-15(11-13)21-28(24,25)16-9-7-14(8-10-16)20-17(19(23)27-3)12-18(22)26-2/h4-12,20-21H,1-3H3/b17-12+. The van der Waals surface area contributed by atoms with E-state index < -0.39 is 22.0 Å². The summed E-state index contributed by atoms with van der Waals surface area (Å²) in [7, 11) is -1.43. The Balaban J connectivity index is 2.20. The molecule has 0 fully saturated rings. The normalized spacial score (nSPS) is 11.5. The highest BCUT2D eigenvalue weighted by molar-refractivity contribution is 7.92. The minimum atomic E-state index is -3.78. The van der Waals surface area contributed by atoms with E-state index in [-0.39, 0.29) is 10.6 Å². The first kappa shape index (κ1) is 21.0. The number of sulfonamides is 1. The molecule has 0 heterocycles. The Morgan fingerprint density at radius 2 is 1.64 bits per heavy atom. The zero-order valence-corrected chi connectivity index (χ0v) is 16.4. The van der Waals surface area contributed by atoms with Gasteiger partial charge in [0.1, 0.15) is 5.70 Å². The average molecular weight is 404 g/mol. The predicted octanol–water partition coefficient (Wildman–Crippen LogP) is 2.44. The lowest BCUT2D eigenvalue weighted by Gasteiger charge is -2.11. The van der Waals surface area contributed by atoms with Crippen LogP contribution in [0.15, 0.2) is 65.2 Å². The molecule has 2 aromatic carbocycles. The molecule has 2 aromatic rings. The molecule has 0 aliphatic rings. The van der Waals surface area contributed by atoms with Crippen molar-refractivity contribution >= 4 is 33.3 Å². The number of carbonyl (C=O) groups is 2. The Morgan fingerprint density at radius 3 is 2.21 bits per heavy atom. The molecule has 0 saturated heterocycles. The summed E-state index contributed by atoms with van der Waals surface area (Å²) in [4.78, 5) is 23.2. The van der Waals surface area contributed by atoms with Crippen LogP contribution in [0.5, 0.6) is 0 Å². The Hall–Kier alpha value is -3.33. The topological polar surface area (TPSA) is 111 Å².